The number of amides is 1. The van der Waals surface area contributed by atoms with Crippen LogP contribution < -0.4 is 16.0 Å². The Hall–Kier alpha value is -3.75. The number of aliphatic imine (C=N–C) groups is 1. The van der Waals surface area contributed by atoms with E-state index in [0.717, 1.165) is 60.9 Å². The Bertz CT molecular complexity index is 1290. The SMILES string of the molecule is CC(C)c1cc(C(=O)NC2=NCCCN2)ccc1Nc1cccc(-c2nnn(CCCC3CCCCC3)n2)c1. The van der Waals surface area contributed by atoms with Crippen LogP contribution in [0.25, 0.3) is 11.4 Å². The smallest absolute Gasteiger partial charge is 0.257 e. The van der Waals surface area contributed by atoms with Gasteiger partial charge in [-0.3, -0.25) is 15.1 Å². The molecule has 0 radical (unpaired) electrons. The lowest BCUT2D eigenvalue weighted by molar-refractivity contribution is 0.0975. The number of aryl methyl sites for hydroxylation is 1. The summed E-state index contributed by atoms with van der Waals surface area (Å²) in [6, 6.07) is 13.8. The van der Waals surface area contributed by atoms with Gasteiger partial charge in [-0.05, 0) is 72.2 Å². The third kappa shape index (κ3) is 7.22. The van der Waals surface area contributed by atoms with E-state index in [-0.39, 0.29) is 11.8 Å². The summed E-state index contributed by atoms with van der Waals surface area (Å²) in [6.45, 7) is 6.62. The number of hydrogen-bond acceptors (Lipinski definition) is 7. The molecule has 2 heterocycles. The molecule has 3 aromatic rings. The maximum atomic E-state index is 12.8. The minimum Gasteiger partial charge on any atom is -0.356 e. The van der Waals surface area contributed by atoms with Gasteiger partial charge in [0.15, 0.2) is 5.96 Å². The van der Waals surface area contributed by atoms with E-state index in [9.17, 15) is 4.79 Å². The van der Waals surface area contributed by atoms with Gasteiger partial charge in [-0.15, -0.1) is 10.2 Å². The number of anilines is 2. The summed E-state index contributed by atoms with van der Waals surface area (Å²) >= 11 is 0. The van der Waals surface area contributed by atoms with Crippen LogP contribution in [0.3, 0.4) is 0 Å². The summed E-state index contributed by atoms with van der Waals surface area (Å²) in [7, 11) is 0. The Balaban J connectivity index is 1.24. The molecular weight excluding hydrogens is 488 g/mol. The molecule has 1 aliphatic carbocycles. The summed E-state index contributed by atoms with van der Waals surface area (Å²) in [5.41, 5.74) is 4.49. The number of carbonyl (C=O) groups excluding carboxylic acids is 1. The van der Waals surface area contributed by atoms with Gasteiger partial charge in [0.25, 0.3) is 5.91 Å². The van der Waals surface area contributed by atoms with E-state index in [1.54, 1.807) is 4.80 Å². The maximum Gasteiger partial charge on any atom is 0.257 e. The second-order valence-corrected chi connectivity index (χ2v) is 11.0. The van der Waals surface area contributed by atoms with Crippen LogP contribution in [-0.2, 0) is 6.54 Å². The summed E-state index contributed by atoms with van der Waals surface area (Å²) < 4.78 is 0. The number of tetrazole rings is 1. The van der Waals surface area contributed by atoms with Gasteiger partial charge in [-0.2, -0.15) is 4.80 Å². The first-order valence-electron chi connectivity index (χ1n) is 14.4. The van der Waals surface area contributed by atoms with Crippen LogP contribution in [0.4, 0.5) is 11.4 Å². The van der Waals surface area contributed by atoms with Crippen molar-refractivity contribution >= 4 is 23.2 Å². The highest BCUT2D eigenvalue weighted by Gasteiger charge is 2.16. The lowest BCUT2D eigenvalue weighted by atomic mass is 9.86. The number of aromatic nitrogens is 4. The Morgan fingerprint density at radius 1 is 1.10 bits per heavy atom. The summed E-state index contributed by atoms with van der Waals surface area (Å²) in [4.78, 5) is 18.9. The van der Waals surface area contributed by atoms with Crippen LogP contribution in [0.1, 0.15) is 87.1 Å². The lowest BCUT2D eigenvalue weighted by Gasteiger charge is -2.20. The van der Waals surface area contributed by atoms with E-state index in [2.05, 4.69) is 50.2 Å². The van der Waals surface area contributed by atoms with Crippen molar-refractivity contribution < 1.29 is 4.79 Å². The Morgan fingerprint density at radius 3 is 2.77 bits per heavy atom. The van der Waals surface area contributed by atoms with E-state index in [1.165, 1.54) is 38.5 Å². The van der Waals surface area contributed by atoms with E-state index in [4.69, 9.17) is 0 Å². The molecule has 2 aromatic carbocycles. The van der Waals surface area contributed by atoms with Crippen LogP contribution in [-0.4, -0.2) is 45.2 Å². The predicted octanol–water partition coefficient (Wildman–Crippen LogP) is 5.65. The number of guanidine groups is 1. The molecule has 5 rings (SSSR count). The minimum absolute atomic E-state index is 0.161. The highest BCUT2D eigenvalue weighted by molar-refractivity contribution is 6.06. The van der Waals surface area contributed by atoms with Crippen molar-refractivity contribution in [2.45, 2.75) is 77.7 Å². The second-order valence-electron chi connectivity index (χ2n) is 11.0. The monoisotopic (exact) mass is 528 g/mol. The molecular formula is C30H40N8O. The van der Waals surface area contributed by atoms with Crippen LogP contribution in [0, 0.1) is 5.92 Å². The Kier molecular flexibility index (Phi) is 8.85. The first kappa shape index (κ1) is 26.8. The molecule has 1 fully saturated rings. The molecule has 9 heteroatoms. The first-order chi connectivity index (χ1) is 19.0. The highest BCUT2D eigenvalue weighted by Crippen LogP contribution is 2.30. The van der Waals surface area contributed by atoms with Gasteiger partial charge in [-0.25, -0.2) is 0 Å². The predicted molar refractivity (Wildman–Crippen MR) is 155 cm³/mol. The zero-order valence-corrected chi connectivity index (χ0v) is 23.1. The fourth-order valence-electron chi connectivity index (χ4n) is 5.43. The molecule has 206 valence electrons. The molecule has 1 saturated carbocycles. The third-order valence-corrected chi connectivity index (χ3v) is 7.61. The van der Waals surface area contributed by atoms with Gasteiger partial charge >= 0.3 is 0 Å². The fraction of sp³-hybridized carbons (Fsp3) is 0.500. The topological polar surface area (TPSA) is 109 Å². The van der Waals surface area contributed by atoms with Gasteiger partial charge in [0.2, 0.25) is 5.82 Å². The Labute approximate surface area is 230 Å². The van der Waals surface area contributed by atoms with Crippen molar-refractivity contribution in [1.29, 1.82) is 0 Å². The summed E-state index contributed by atoms with van der Waals surface area (Å²) in [5, 5.41) is 22.8. The first-order valence-corrected chi connectivity index (χ1v) is 14.4. The van der Waals surface area contributed by atoms with Crippen molar-refractivity contribution in [1.82, 2.24) is 30.8 Å². The molecule has 9 nitrogen and oxygen atoms in total. The molecule has 1 aromatic heterocycles. The molecule has 0 atom stereocenters. The zero-order valence-electron chi connectivity index (χ0n) is 23.1. The second kappa shape index (κ2) is 12.9. The number of nitrogens with one attached hydrogen (secondary N) is 3. The molecule has 39 heavy (non-hydrogen) atoms. The number of nitrogens with zero attached hydrogens (tertiary/aromatic N) is 5. The lowest BCUT2D eigenvalue weighted by Crippen LogP contribution is -2.43. The van der Waals surface area contributed by atoms with Gasteiger partial charge in [0.05, 0.1) is 6.54 Å². The van der Waals surface area contributed by atoms with E-state index < -0.39 is 0 Å². The molecule has 2 aliphatic rings. The molecule has 3 N–H and O–H groups in total. The van der Waals surface area contributed by atoms with Crippen LogP contribution in [0.2, 0.25) is 0 Å². The normalized spacial score (nSPS) is 16.0. The average molecular weight is 529 g/mol. The highest BCUT2D eigenvalue weighted by atomic mass is 16.1. The van der Waals surface area contributed by atoms with Crippen LogP contribution in [0.15, 0.2) is 47.5 Å². The van der Waals surface area contributed by atoms with Gasteiger partial charge < -0.3 is 10.6 Å². The summed E-state index contributed by atoms with van der Waals surface area (Å²) in [5.74, 6) is 2.11. The van der Waals surface area contributed by atoms with Crippen molar-refractivity contribution in [3.8, 4) is 11.4 Å². The zero-order chi connectivity index (χ0) is 27.0. The van der Waals surface area contributed by atoms with Gasteiger partial charge in [-0.1, -0.05) is 58.1 Å². The number of hydrogen-bond donors (Lipinski definition) is 3. The van der Waals surface area contributed by atoms with Crippen molar-refractivity contribution in [2.75, 3.05) is 18.4 Å². The largest absolute Gasteiger partial charge is 0.356 e. The van der Waals surface area contributed by atoms with E-state index >= 15 is 0 Å². The molecule has 0 saturated heterocycles. The minimum atomic E-state index is -0.161. The average Bonchev–Trinajstić information content (AvgIpc) is 3.43. The molecule has 0 bridgehead atoms. The van der Waals surface area contributed by atoms with Crippen molar-refractivity contribution in [2.24, 2.45) is 10.9 Å². The molecule has 0 spiro atoms. The van der Waals surface area contributed by atoms with E-state index in [0.29, 0.717) is 17.3 Å². The fourth-order valence-corrected chi connectivity index (χ4v) is 5.43. The third-order valence-electron chi connectivity index (χ3n) is 7.61. The van der Waals surface area contributed by atoms with Crippen LogP contribution >= 0.6 is 0 Å². The Morgan fingerprint density at radius 2 is 1.97 bits per heavy atom. The van der Waals surface area contributed by atoms with Crippen LogP contribution in [0.5, 0.6) is 0 Å². The van der Waals surface area contributed by atoms with E-state index in [1.807, 2.05) is 42.5 Å². The number of rotatable bonds is 9. The number of carbonyl (C=O) groups is 1. The van der Waals surface area contributed by atoms with Crippen molar-refractivity contribution in [3.63, 3.8) is 0 Å². The number of benzene rings is 2. The molecule has 1 amide bonds. The maximum absolute atomic E-state index is 12.8. The standard InChI is InChI=1S/C30H40N8O/c1-21(2)26-20-24(29(39)34-30-31-16-8-17-32-30)14-15-27(26)33-25-13-6-12-23(19-25)28-35-37-38(36-28)18-7-11-22-9-4-3-5-10-22/h6,12-15,19-22,33H,3-5,7-11,16-18H2,1-2H3,(H2,31,32,34,39). The van der Waals surface area contributed by atoms with Gasteiger partial charge in [0.1, 0.15) is 0 Å². The quantitative estimate of drug-likeness (QED) is 0.331. The molecule has 0 unspecified atom stereocenters. The van der Waals surface area contributed by atoms with Crippen molar-refractivity contribution in [3.05, 3.63) is 53.6 Å². The summed E-state index contributed by atoms with van der Waals surface area (Å²) in [6.07, 6.45) is 10.2. The van der Waals surface area contributed by atoms with Gasteiger partial charge in [0, 0.05) is 35.6 Å². The molecule has 1 aliphatic heterocycles.